The van der Waals surface area contributed by atoms with E-state index in [-0.39, 0.29) is 0 Å². The van der Waals surface area contributed by atoms with Gasteiger partial charge in [0.05, 0.1) is 12.3 Å². The van der Waals surface area contributed by atoms with Crippen LogP contribution in [-0.4, -0.2) is 25.7 Å². The highest BCUT2D eigenvalue weighted by atomic mass is 16.5. The second-order valence-electron chi connectivity index (χ2n) is 4.43. The molecule has 18 heavy (non-hydrogen) atoms. The molecular formula is C13H20N2O3. The molecule has 1 amide bonds. The van der Waals surface area contributed by atoms with Crippen molar-refractivity contribution in [2.24, 2.45) is 11.7 Å². The maximum Gasteiger partial charge on any atom is 0.248 e. The summed E-state index contributed by atoms with van der Waals surface area (Å²) in [6, 6.07) is 4.73. The maximum absolute atomic E-state index is 10.9. The largest absolute Gasteiger partial charge is 0.489 e. The molecule has 5 heteroatoms. The van der Waals surface area contributed by atoms with Gasteiger partial charge in [-0.1, -0.05) is 13.8 Å². The number of ether oxygens (including phenoxy) is 2. The Morgan fingerprint density at radius 1 is 1.33 bits per heavy atom. The number of nitrogen functional groups attached to an aromatic ring is 1. The number of rotatable bonds is 7. The van der Waals surface area contributed by atoms with Crippen LogP contribution in [0.2, 0.25) is 0 Å². The summed E-state index contributed by atoms with van der Waals surface area (Å²) in [4.78, 5) is 10.9. The van der Waals surface area contributed by atoms with Gasteiger partial charge in [-0.2, -0.15) is 0 Å². The Bertz CT molecular complexity index is 405. The number of hydrogen-bond acceptors (Lipinski definition) is 4. The minimum atomic E-state index is -0.506. The number of nitrogens with two attached hydrogens (primary N) is 2. The number of amides is 1. The van der Waals surface area contributed by atoms with Gasteiger partial charge in [0.1, 0.15) is 12.4 Å². The van der Waals surface area contributed by atoms with Crippen LogP contribution in [-0.2, 0) is 4.74 Å². The highest BCUT2D eigenvalue weighted by molar-refractivity contribution is 5.94. The summed E-state index contributed by atoms with van der Waals surface area (Å²) in [5.74, 6) is 0.534. The molecule has 100 valence electrons. The molecule has 4 N–H and O–H groups in total. The number of benzene rings is 1. The molecule has 0 unspecified atom stereocenters. The molecule has 0 fully saturated rings. The van der Waals surface area contributed by atoms with Gasteiger partial charge in [-0.05, 0) is 24.1 Å². The molecule has 0 radical (unpaired) electrons. The van der Waals surface area contributed by atoms with Crippen molar-refractivity contribution in [2.75, 3.05) is 25.6 Å². The fraction of sp³-hybridized carbons (Fsp3) is 0.462. The van der Waals surface area contributed by atoms with E-state index in [0.717, 1.165) is 0 Å². The lowest BCUT2D eigenvalue weighted by Gasteiger charge is -2.10. The Morgan fingerprint density at radius 2 is 2.06 bits per heavy atom. The van der Waals surface area contributed by atoms with Gasteiger partial charge < -0.3 is 20.9 Å². The molecule has 0 bridgehead atoms. The first kappa shape index (κ1) is 14.3. The van der Waals surface area contributed by atoms with Gasteiger partial charge >= 0.3 is 0 Å². The first-order chi connectivity index (χ1) is 8.50. The van der Waals surface area contributed by atoms with E-state index in [4.69, 9.17) is 20.9 Å². The predicted octanol–water partition coefficient (Wildman–Crippen LogP) is 1.42. The smallest absolute Gasteiger partial charge is 0.248 e. The first-order valence-corrected chi connectivity index (χ1v) is 5.90. The standard InChI is InChI=1S/C13H20N2O3/c1-9(2)8-17-5-6-18-12-4-3-10(13(15)16)7-11(12)14/h3-4,7,9H,5-6,8,14H2,1-2H3,(H2,15,16). The molecule has 1 rings (SSSR count). The van der Waals surface area contributed by atoms with Crippen LogP contribution in [0.4, 0.5) is 5.69 Å². The van der Waals surface area contributed by atoms with Gasteiger partial charge in [0, 0.05) is 12.2 Å². The van der Waals surface area contributed by atoms with Crippen molar-refractivity contribution in [1.82, 2.24) is 0 Å². The van der Waals surface area contributed by atoms with Crippen LogP contribution in [0, 0.1) is 5.92 Å². The van der Waals surface area contributed by atoms with Gasteiger partial charge in [-0.25, -0.2) is 0 Å². The lowest BCUT2D eigenvalue weighted by molar-refractivity contribution is 0.0821. The molecule has 5 nitrogen and oxygen atoms in total. The Hall–Kier alpha value is -1.75. The summed E-state index contributed by atoms with van der Waals surface area (Å²) in [6.45, 7) is 5.81. The second kappa shape index (κ2) is 6.86. The molecular weight excluding hydrogens is 232 g/mol. The van der Waals surface area contributed by atoms with E-state index in [2.05, 4.69) is 13.8 Å². The number of carbonyl (C=O) groups excluding carboxylic acids is 1. The van der Waals surface area contributed by atoms with Gasteiger partial charge in [0.2, 0.25) is 5.91 Å². The lowest BCUT2D eigenvalue weighted by Crippen LogP contribution is -2.13. The van der Waals surface area contributed by atoms with Crippen molar-refractivity contribution < 1.29 is 14.3 Å². The van der Waals surface area contributed by atoms with Crippen LogP contribution in [0.1, 0.15) is 24.2 Å². The highest BCUT2D eigenvalue weighted by Gasteiger charge is 2.05. The highest BCUT2D eigenvalue weighted by Crippen LogP contribution is 2.22. The normalized spacial score (nSPS) is 10.6. The number of carbonyl (C=O) groups is 1. The Morgan fingerprint density at radius 3 is 2.61 bits per heavy atom. The molecule has 1 aromatic rings. The summed E-state index contributed by atoms with van der Waals surface area (Å²) >= 11 is 0. The Balaban J connectivity index is 2.41. The Kier molecular flexibility index (Phi) is 5.45. The van der Waals surface area contributed by atoms with Crippen molar-refractivity contribution >= 4 is 11.6 Å². The molecule has 0 aromatic heterocycles. The van der Waals surface area contributed by atoms with E-state index in [9.17, 15) is 4.79 Å². The van der Waals surface area contributed by atoms with Crippen molar-refractivity contribution in [1.29, 1.82) is 0 Å². The van der Waals surface area contributed by atoms with Crippen molar-refractivity contribution in [3.63, 3.8) is 0 Å². The summed E-state index contributed by atoms with van der Waals surface area (Å²) in [6.07, 6.45) is 0. The number of hydrogen-bond donors (Lipinski definition) is 2. The van der Waals surface area contributed by atoms with Crippen molar-refractivity contribution in [3.8, 4) is 5.75 Å². The molecule has 0 saturated heterocycles. The molecule has 0 atom stereocenters. The molecule has 1 aromatic carbocycles. The predicted molar refractivity (Wildman–Crippen MR) is 70.5 cm³/mol. The fourth-order valence-electron chi connectivity index (χ4n) is 1.36. The monoisotopic (exact) mass is 252 g/mol. The summed E-state index contributed by atoms with van der Waals surface area (Å²) in [7, 11) is 0. The van der Waals surface area contributed by atoms with E-state index in [0.29, 0.717) is 42.7 Å². The van der Waals surface area contributed by atoms with Gasteiger partial charge in [0.25, 0.3) is 0 Å². The van der Waals surface area contributed by atoms with Crippen LogP contribution in [0.25, 0.3) is 0 Å². The van der Waals surface area contributed by atoms with Gasteiger partial charge in [-0.3, -0.25) is 4.79 Å². The lowest BCUT2D eigenvalue weighted by atomic mass is 10.2. The Labute approximate surface area is 107 Å². The SMILES string of the molecule is CC(C)COCCOc1ccc(C(N)=O)cc1N. The summed E-state index contributed by atoms with van der Waals surface area (Å²) < 4.78 is 10.8. The zero-order valence-electron chi connectivity index (χ0n) is 10.8. The van der Waals surface area contributed by atoms with Gasteiger partial charge in [0.15, 0.2) is 0 Å². The summed E-state index contributed by atoms with van der Waals surface area (Å²) in [5.41, 5.74) is 11.7. The molecule has 0 saturated carbocycles. The quantitative estimate of drug-likeness (QED) is 0.567. The third-order valence-electron chi connectivity index (χ3n) is 2.23. The zero-order valence-corrected chi connectivity index (χ0v) is 10.8. The topological polar surface area (TPSA) is 87.6 Å². The molecule has 0 aliphatic carbocycles. The fourth-order valence-corrected chi connectivity index (χ4v) is 1.36. The average molecular weight is 252 g/mol. The van der Waals surface area contributed by atoms with Gasteiger partial charge in [-0.15, -0.1) is 0 Å². The summed E-state index contributed by atoms with van der Waals surface area (Å²) in [5, 5.41) is 0. The number of anilines is 1. The molecule has 0 spiro atoms. The van der Waals surface area contributed by atoms with Crippen LogP contribution < -0.4 is 16.2 Å². The molecule has 0 heterocycles. The van der Waals surface area contributed by atoms with E-state index in [1.165, 1.54) is 6.07 Å². The van der Waals surface area contributed by atoms with Crippen LogP contribution in [0.5, 0.6) is 5.75 Å². The minimum absolute atomic E-state index is 0.371. The van der Waals surface area contributed by atoms with Crippen LogP contribution in [0.15, 0.2) is 18.2 Å². The maximum atomic E-state index is 10.9. The molecule has 0 aliphatic heterocycles. The second-order valence-corrected chi connectivity index (χ2v) is 4.43. The number of primary amides is 1. The van der Waals surface area contributed by atoms with E-state index < -0.39 is 5.91 Å². The molecule has 0 aliphatic rings. The average Bonchev–Trinajstić information content (AvgIpc) is 2.29. The van der Waals surface area contributed by atoms with Crippen LogP contribution in [0.3, 0.4) is 0 Å². The minimum Gasteiger partial charge on any atom is -0.489 e. The van der Waals surface area contributed by atoms with E-state index in [1.807, 2.05) is 0 Å². The van der Waals surface area contributed by atoms with Crippen molar-refractivity contribution in [3.05, 3.63) is 23.8 Å². The zero-order chi connectivity index (χ0) is 13.5. The van der Waals surface area contributed by atoms with E-state index in [1.54, 1.807) is 12.1 Å². The van der Waals surface area contributed by atoms with E-state index >= 15 is 0 Å². The van der Waals surface area contributed by atoms with Crippen LogP contribution >= 0.6 is 0 Å². The first-order valence-electron chi connectivity index (χ1n) is 5.90. The third kappa shape index (κ3) is 4.63. The van der Waals surface area contributed by atoms with Crippen molar-refractivity contribution in [2.45, 2.75) is 13.8 Å². The third-order valence-corrected chi connectivity index (χ3v) is 2.23.